The standard InChI is InChI=1S/C21H18ClN3/c1-15-8-7-13-25-20(15)24-19(17-11-5-6-12-18(17)22)21(25)23-14-16-9-3-2-4-10-16/h2-13,23H,14H2,1H3. The van der Waals surface area contributed by atoms with Crippen LogP contribution in [0, 0.1) is 6.92 Å². The molecule has 0 fully saturated rings. The molecule has 0 unspecified atom stereocenters. The van der Waals surface area contributed by atoms with E-state index >= 15 is 0 Å². The number of nitrogens with one attached hydrogen (secondary N) is 1. The zero-order chi connectivity index (χ0) is 17.2. The van der Waals surface area contributed by atoms with Gasteiger partial charge in [-0.15, -0.1) is 0 Å². The number of aryl methyl sites for hydroxylation is 1. The van der Waals surface area contributed by atoms with Crippen LogP contribution in [-0.2, 0) is 6.54 Å². The van der Waals surface area contributed by atoms with E-state index in [2.05, 4.69) is 34.8 Å². The minimum absolute atomic E-state index is 0.700. The number of hydrogen-bond acceptors (Lipinski definition) is 2. The Balaban J connectivity index is 1.84. The van der Waals surface area contributed by atoms with Crippen LogP contribution in [0.25, 0.3) is 16.9 Å². The largest absolute Gasteiger partial charge is 0.365 e. The highest BCUT2D eigenvalue weighted by atomic mass is 35.5. The molecule has 25 heavy (non-hydrogen) atoms. The summed E-state index contributed by atoms with van der Waals surface area (Å²) in [6, 6.07) is 22.3. The molecule has 0 amide bonds. The quantitative estimate of drug-likeness (QED) is 0.522. The van der Waals surface area contributed by atoms with Crippen molar-refractivity contribution < 1.29 is 0 Å². The second kappa shape index (κ2) is 6.61. The van der Waals surface area contributed by atoms with Gasteiger partial charge in [-0.1, -0.05) is 66.2 Å². The summed E-state index contributed by atoms with van der Waals surface area (Å²) in [5, 5.41) is 4.25. The first-order chi connectivity index (χ1) is 12.2. The van der Waals surface area contributed by atoms with E-state index in [0.29, 0.717) is 5.02 Å². The summed E-state index contributed by atoms with van der Waals surface area (Å²) < 4.78 is 2.09. The first kappa shape index (κ1) is 15.7. The molecule has 4 rings (SSSR count). The van der Waals surface area contributed by atoms with Gasteiger partial charge in [-0.3, -0.25) is 4.40 Å². The Morgan fingerprint density at radius 1 is 0.960 bits per heavy atom. The number of halogens is 1. The highest BCUT2D eigenvalue weighted by Crippen LogP contribution is 2.34. The van der Waals surface area contributed by atoms with Gasteiger partial charge in [0.05, 0.1) is 5.02 Å². The lowest BCUT2D eigenvalue weighted by molar-refractivity contribution is 1.08. The smallest absolute Gasteiger partial charge is 0.142 e. The Morgan fingerprint density at radius 3 is 2.52 bits per heavy atom. The Labute approximate surface area is 151 Å². The molecule has 4 heteroatoms. The highest BCUT2D eigenvalue weighted by molar-refractivity contribution is 6.33. The summed E-state index contributed by atoms with van der Waals surface area (Å²) in [5.74, 6) is 0.954. The molecule has 2 heterocycles. The zero-order valence-corrected chi connectivity index (χ0v) is 14.7. The van der Waals surface area contributed by atoms with Gasteiger partial charge in [0, 0.05) is 18.3 Å². The van der Waals surface area contributed by atoms with Gasteiger partial charge in [-0.05, 0) is 30.2 Å². The first-order valence-corrected chi connectivity index (χ1v) is 8.62. The van der Waals surface area contributed by atoms with Crippen molar-refractivity contribution in [3.05, 3.63) is 89.1 Å². The average molecular weight is 348 g/mol. The molecule has 1 N–H and O–H groups in total. The maximum Gasteiger partial charge on any atom is 0.142 e. The maximum atomic E-state index is 6.44. The van der Waals surface area contributed by atoms with Crippen LogP contribution in [0.4, 0.5) is 5.82 Å². The van der Waals surface area contributed by atoms with Crippen molar-refractivity contribution in [3.63, 3.8) is 0 Å². The second-order valence-corrected chi connectivity index (χ2v) is 6.42. The molecule has 0 aliphatic carbocycles. The van der Waals surface area contributed by atoms with Crippen molar-refractivity contribution in [2.45, 2.75) is 13.5 Å². The van der Waals surface area contributed by atoms with E-state index in [-0.39, 0.29) is 0 Å². The fourth-order valence-corrected chi connectivity index (χ4v) is 3.22. The number of rotatable bonds is 4. The Hall–Kier alpha value is -2.78. The third-order valence-electron chi connectivity index (χ3n) is 4.28. The predicted octanol–water partition coefficient (Wildman–Crippen LogP) is 5.58. The van der Waals surface area contributed by atoms with E-state index in [1.807, 2.05) is 54.7 Å². The molecule has 0 radical (unpaired) electrons. The number of pyridine rings is 1. The van der Waals surface area contributed by atoms with Crippen molar-refractivity contribution in [1.82, 2.24) is 9.38 Å². The SMILES string of the molecule is Cc1cccn2c(NCc3ccccc3)c(-c3ccccc3Cl)nc12. The number of hydrogen-bond donors (Lipinski definition) is 1. The van der Waals surface area contributed by atoms with Gasteiger partial charge in [0.2, 0.25) is 0 Å². The molecule has 0 saturated heterocycles. The molecule has 0 aliphatic rings. The van der Waals surface area contributed by atoms with Gasteiger partial charge in [0.1, 0.15) is 17.2 Å². The van der Waals surface area contributed by atoms with Gasteiger partial charge >= 0.3 is 0 Å². The van der Waals surface area contributed by atoms with Crippen molar-refractivity contribution in [3.8, 4) is 11.3 Å². The summed E-state index contributed by atoms with van der Waals surface area (Å²) in [6.07, 6.45) is 2.03. The summed E-state index contributed by atoms with van der Waals surface area (Å²) in [5.41, 5.74) is 5.09. The summed E-state index contributed by atoms with van der Waals surface area (Å²) in [7, 11) is 0. The second-order valence-electron chi connectivity index (χ2n) is 6.01. The summed E-state index contributed by atoms with van der Waals surface area (Å²) in [4.78, 5) is 4.87. The average Bonchev–Trinajstić information content (AvgIpc) is 3.01. The van der Waals surface area contributed by atoms with Crippen LogP contribution in [0.2, 0.25) is 5.02 Å². The topological polar surface area (TPSA) is 29.3 Å². The van der Waals surface area contributed by atoms with E-state index < -0.39 is 0 Å². The molecule has 0 aliphatic heterocycles. The van der Waals surface area contributed by atoms with E-state index in [9.17, 15) is 0 Å². The van der Waals surface area contributed by atoms with E-state index in [1.54, 1.807) is 0 Å². The predicted molar refractivity (Wildman–Crippen MR) is 104 cm³/mol. The van der Waals surface area contributed by atoms with Crippen LogP contribution in [0.15, 0.2) is 72.9 Å². The van der Waals surface area contributed by atoms with Gasteiger partial charge in [0.25, 0.3) is 0 Å². The van der Waals surface area contributed by atoms with E-state index in [0.717, 1.165) is 34.8 Å². The zero-order valence-electron chi connectivity index (χ0n) is 13.9. The molecule has 4 aromatic rings. The van der Waals surface area contributed by atoms with Crippen LogP contribution in [0.1, 0.15) is 11.1 Å². The van der Waals surface area contributed by atoms with Gasteiger partial charge < -0.3 is 5.32 Å². The molecular weight excluding hydrogens is 330 g/mol. The monoisotopic (exact) mass is 347 g/mol. The van der Waals surface area contributed by atoms with Crippen molar-refractivity contribution >= 4 is 23.1 Å². The lowest BCUT2D eigenvalue weighted by Crippen LogP contribution is -2.03. The van der Waals surface area contributed by atoms with E-state index in [4.69, 9.17) is 16.6 Å². The van der Waals surface area contributed by atoms with E-state index in [1.165, 1.54) is 5.56 Å². The highest BCUT2D eigenvalue weighted by Gasteiger charge is 2.17. The van der Waals surface area contributed by atoms with Gasteiger partial charge in [0.15, 0.2) is 0 Å². The van der Waals surface area contributed by atoms with Gasteiger partial charge in [-0.2, -0.15) is 0 Å². The number of anilines is 1. The fourth-order valence-electron chi connectivity index (χ4n) is 3.00. The molecule has 0 bridgehead atoms. The third kappa shape index (κ3) is 2.99. The maximum absolute atomic E-state index is 6.44. The number of benzene rings is 2. The van der Waals surface area contributed by atoms with Crippen LogP contribution < -0.4 is 5.32 Å². The number of imidazole rings is 1. The lowest BCUT2D eigenvalue weighted by Gasteiger charge is -2.10. The van der Waals surface area contributed by atoms with Crippen LogP contribution in [-0.4, -0.2) is 9.38 Å². The Bertz CT molecular complexity index is 1020. The lowest BCUT2D eigenvalue weighted by atomic mass is 10.1. The third-order valence-corrected chi connectivity index (χ3v) is 4.61. The normalized spacial score (nSPS) is 11.0. The first-order valence-electron chi connectivity index (χ1n) is 8.24. The van der Waals surface area contributed by atoms with Crippen molar-refractivity contribution in [2.75, 3.05) is 5.32 Å². The molecule has 3 nitrogen and oxygen atoms in total. The van der Waals surface area contributed by atoms with Crippen LogP contribution in [0.5, 0.6) is 0 Å². The molecule has 2 aromatic heterocycles. The van der Waals surface area contributed by atoms with Crippen LogP contribution >= 0.6 is 11.6 Å². The Morgan fingerprint density at radius 2 is 1.72 bits per heavy atom. The number of aromatic nitrogens is 2. The summed E-state index contributed by atoms with van der Waals surface area (Å²) in [6.45, 7) is 2.79. The summed E-state index contributed by atoms with van der Waals surface area (Å²) >= 11 is 6.44. The molecule has 124 valence electrons. The van der Waals surface area contributed by atoms with Gasteiger partial charge in [-0.25, -0.2) is 4.98 Å². The van der Waals surface area contributed by atoms with Crippen molar-refractivity contribution in [1.29, 1.82) is 0 Å². The molecule has 0 atom stereocenters. The molecule has 2 aromatic carbocycles. The van der Waals surface area contributed by atoms with Crippen LogP contribution in [0.3, 0.4) is 0 Å². The van der Waals surface area contributed by atoms with Crippen molar-refractivity contribution in [2.24, 2.45) is 0 Å². The Kier molecular flexibility index (Phi) is 4.16. The minimum atomic E-state index is 0.700. The minimum Gasteiger partial charge on any atom is -0.365 e. The molecule has 0 spiro atoms. The molecule has 0 saturated carbocycles. The fraction of sp³-hybridized carbons (Fsp3) is 0.0952. The molecular formula is C21H18ClN3. The number of nitrogens with zero attached hydrogens (tertiary/aromatic N) is 2. The number of fused-ring (bicyclic) bond motifs is 1.